The van der Waals surface area contributed by atoms with Gasteiger partial charge in [0.25, 0.3) is 5.91 Å². The van der Waals surface area contributed by atoms with Crippen molar-refractivity contribution >= 4 is 11.7 Å². The molecular weight excluding hydrogens is 247 g/mol. The van der Waals surface area contributed by atoms with Crippen molar-refractivity contribution in [3.63, 3.8) is 0 Å². The second-order valence-electron chi connectivity index (χ2n) is 3.66. The Labute approximate surface area is 103 Å². The summed E-state index contributed by atoms with van der Waals surface area (Å²) >= 11 is 0. The van der Waals surface area contributed by atoms with E-state index in [1.165, 1.54) is 12.3 Å². The minimum atomic E-state index is -4.41. The van der Waals surface area contributed by atoms with Crippen molar-refractivity contribution in [2.45, 2.75) is 19.5 Å². The van der Waals surface area contributed by atoms with Gasteiger partial charge >= 0.3 is 6.18 Å². The molecule has 0 saturated carbocycles. The Morgan fingerprint density at radius 1 is 1.39 bits per heavy atom. The molecule has 0 spiro atoms. The van der Waals surface area contributed by atoms with Gasteiger partial charge in [-0.3, -0.25) is 4.79 Å². The Kier molecular flexibility index (Phi) is 4.94. The van der Waals surface area contributed by atoms with Gasteiger partial charge in [0.15, 0.2) is 0 Å². The van der Waals surface area contributed by atoms with Gasteiger partial charge in [0.2, 0.25) is 0 Å². The third kappa shape index (κ3) is 5.03. The zero-order valence-corrected chi connectivity index (χ0v) is 9.84. The van der Waals surface area contributed by atoms with E-state index in [-0.39, 0.29) is 5.56 Å². The van der Waals surface area contributed by atoms with Gasteiger partial charge in [0.05, 0.1) is 5.56 Å². The van der Waals surface area contributed by atoms with Crippen LogP contribution in [0.15, 0.2) is 18.3 Å². The number of alkyl halides is 3. The number of aromatic nitrogens is 1. The Morgan fingerprint density at radius 2 is 2.11 bits per heavy atom. The molecule has 0 saturated heterocycles. The predicted molar refractivity (Wildman–Crippen MR) is 61.4 cm³/mol. The number of amides is 1. The molecule has 1 aromatic heterocycles. The molecule has 1 aromatic rings. The average molecular weight is 261 g/mol. The van der Waals surface area contributed by atoms with E-state index in [2.05, 4.69) is 10.3 Å². The molecule has 100 valence electrons. The van der Waals surface area contributed by atoms with Crippen molar-refractivity contribution in [2.24, 2.45) is 0 Å². The lowest BCUT2D eigenvalue weighted by Gasteiger charge is -2.08. The monoisotopic (exact) mass is 261 g/mol. The molecule has 1 amide bonds. The topological polar surface area (TPSA) is 54.0 Å². The summed E-state index contributed by atoms with van der Waals surface area (Å²) in [5.41, 5.74) is 0.0984. The highest BCUT2D eigenvalue weighted by molar-refractivity contribution is 5.94. The van der Waals surface area contributed by atoms with Crippen LogP contribution in [0.3, 0.4) is 0 Å². The van der Waals surface area contributed by atoms with E-state index in [0.29, 0.717) is 5.82 Å². The van der Waals surface area contributed by atoms with Crippen molar-refractivity contribution in [3.8, 4) is 0 Å². The first-order valence-electron chi connectivity index (χ1n) is 5.47. The normalized spacial score (nSPS) is 11.1. The molecular formula is C11H14F3N3O. The second-order valence-corrected chi connectivity index (χ2v) is 3.66. The number of pyridine rings is 1. The summed E-state index contributed by atoms with van der Waals surface area (Å²) in [6.45, 7) is 1.39. The van der Waals surface area contributed by atoms with Gasteiger partial charge in [-0.1, -0.05) is 6.92 Å². The Hall–Kier alpha value is -1.79. The van der Waals surface area contributed by atoms with Crippen molar-refractivity contribution in [1.29, 1.82) is 0 Å². The van der Waals surface area contributed by atoms with Crippen LogP contribution < -0.4 is 10.6 Å². The molecule has 1 rings (SSSR count). The van der Waals surface area contributed by atoms with Crippen LogP contribution in [-0.4, -0.2) is 30.2 Å². The van der Waals surface area contributed by atoms with Crippen LogP contribution in [0, 0.1) is 0 Å². The zero-order valence-electron chi connectivity index (χ0n) is 9.84. The zero-order chi connectivity index (χ0) is 13.6. The molecule has 1 heterocycles. The standard InChI is InChI=1S/C11H14F3N3O/c1-2-5-15-9-4-3-8(6-16-9)10(18)17-7-11(12,13)14/h3-4,6H,2,5,7H2,1H3,(H,15,16)(H,17,18). The van der Waals surface area contributed by atoms with Gasteiger partial charge in [0.1, 0.15) is 12.4 Å². The number of nitrogens with zero attached hydrogens (tertiary/aromatic N) is 1. The number of nitrogens with one attached hydrogen (secondary N) is 2. The number of rotatable bonds is 5. The van der Waals surface area contributed by atoms with E-state index >= 15 is 0 Å². The van der Waals surface area contributed by atoms with Crippen LogP contribution in [-0.2, 0) is 0 Å². The van der Waals surface area contributed by atoms with Gasteiger partial charge in [-0.15, -0.1) is 0 Å². The maximum atomic E-state index is 11.9. The minimum Gasteiger partial charge on any atom is -0.370 e. The van der Waals surface area contributed by atoms with Crippen LogP contribution >= 0.6 is 0 Å². The smallest absolute Gasteiger partial charge is 0.370 e. The number of halogens is 3. The summed E-state index contributed by atoms with van der Waals surface area (Å²) in [7, 11) is 0. The van der Waals surface area contributed by atoms with E-state index in [0.717, 1.165) is 13.0 Å². The highest BCUT2D eigenvalue weighted by atomic mass is 19.4. The highest BCUT2D eigenvalue weighted by Gasteiger charge is 2.27. The number of carbonyl (C=O) groups excluding carboxylic acids is 1. The Bertz CT molecular complexity index is 390. The van der Waals surface area contributed by atoms with Gasteiger partial charge in [0, 0.05) is 12.7 Å². The molecule has 0 aliphatic heterocycles. The maximum absolute atomic E-state index is 11.9. The van der Waals surface area contributed by atoms with Crippen LogP contribution in [0.2, 0.25) is 0 Å². The molecule has 0 bridgehead atoms. The fourth-order valence-corrected chi connectivity index (χ4v) is 1.17. The summed E-state index contributed by atoms with van der Waals surface area (Å²) in [5, 5.41) is 4.77. The Morgan fingerprint density at radius 3 is 2.61 bits per heavy atom. The third-order valence-corrected chi connectivity index (χ3v) is 2.03. The largest absolute Gasteiger partial charge is 0.405 e. The minimum absolute atomic E-state index is 0.0984. The van der Waals surface area contributed by atoms with Crippen LogP contribution in [0.5, 0.6) is 0 Å². The van der Waals surface area contributed by atoms with Crippen molar-refractivity contribution < 1.29 is 18.0 Å². The third-order valence-electron chi connectivity index (χ3n) is 2.03. The van der Waals surface area contributed by atoms with E-state index in [4.69, 9.17) is 0 Å². The molecule has 4 nitrogen and oxygen atoms in total. The first kappa shape index (κ1) is 14.3. The predicted octanol–water partition coefficient (Wildman–Crippen LogP) is 2.20. The molecule has 0 radical (unpaired) electrons. The van der Waals surface area contributed by atoms with Crippen LogP contribution in [0.25, 0.3) is 0 Å². The summed E-state index contributed by atoms with van der Waals surface area (Å²) in [4.78, 5) is 15.3. The van der Waals surface area contributed by atoms with Crippen LogP contribution in [0.4, 0.5) is 19.0 Å². The summed E-state index contributed by atoms with van der Waals surface area (Å²) in [6, 6.07) is 2.98. The molecule has 0 aliphatic rings. The molecule has 0 aromatic carbocycles. The van der Waals surface area contributed by atoms with E-state index in [1.807, 2.05) is 6.92 Å². The summed E-state index contributed by atoms with van der Waals surface area (Å²) < 4.78 is 35.7. The SMILES string of the molecule is CCCNc1ccc(C(=O)NCC(F)(F)F)cn1. The lowest BCUT2D eigenvalue weighted by molar-refractivity contribution is -0.123. The van der Waals surface area contributed by atoms with Crippen molar-refractivity contribution in [3.05, 3.63) is 23.9 Å². The summed E-state index contributed by atoms with van der Waals surface area (Å²) in [5.74, 6) is -0.203. The lowest BCUT2D eigenvalue weighted by Crippen LogP contribution is -2.33. The molecule has 18 heavy (non-hydrogen) atoms. The maximum Gasteiger partial charge on any atom is 0.405 e. The van der Waals surface area contributed by atoms with Gasteiger partial charge in [-0.2, -0.15) is 13.2 Å². The first-order valence-corrected chi connectivity index (χ1v) is 5.47. The second kappa shape index (κ2) is 6.23. The molecule has 0 aliphatic carbocycles. The Balaban J connectivity index is 2.54. The molecule has 0 atom stereocenters. The highest BCUT2D eigenvalue weighted by Crippen LogP contribution is 2.13. The average Bonchev–Trinajstić information content (AvgIpc) is 2.33. The van der Waals surface area contributed by atoms with Gasteiger partial charge in [-0.25, -0.2) is 4.98 Å². The molecule has 7 heteroatoms. The van der Waals surface area contributed by atoms with E-state index in [9.17, 15) is 18.0 Å². The fourth-order valence-electron chi connectivity index (χ4n) is 1.17. The van der Waals surface area contributed by atoms with Crippen molar-refractivity contribution in [1.82, 2.24) is 10.3 Å². The quantitative estimate of drug-likeness (QED) is 0.854. The molecule has 0 fully saturated rings. The van der Waals surface area contributed by atoms with Gasteiger partial charge < -0.3 is 10.6 Å². The fraction of sp³-hybridized carbons (Fsp3) is 0.455. The summed E-state index contributed by atoms with van der Waals surface area (Å²) in [6.07, 6.45) is -2.25. The van der Waals surface area contributed by atoms with Crippen LogP contribution in [0.1, 0.15) is 23.7 Å². The number of anilines is 1. The first-order chi connectivity index (χ1) is 8.42. The lowest BCUT2D eigenvalue weighted by atomic mass is 10.2. The molecule has 0 unspecified atom stereocenters. The molecule has 2 N–H and O–H groups in total. The number of hydrogen-bond donors (Lipinski definition) is 2. The van der Waals surface area contributed by atoms with Crippen molar-refractivity contribution in [2.75, 3.05) is 18.4 Å². The number of hydrogen-bond acceptors (Lipinski definition) is 3. The van der Waals surface area contributed by atoms with E-state index < -0.39 is 18.6 Å². The van der Waals surface area contributed by atoms with Gasteiger partial charge in [-0.05, 0) is 18.6 Å². The van der Waals surface area contributed by atoms with E-state index in [1.54, 1.807) is 11.4 Å². The number of carbonyl (C=O) groups is 1.